The lowest BCUT2D eigenvalue weighted by molar-refractivity contribution is -0.132. The van der Waals surface area contributed by atoms with Crippen molar-refractivity contribution in [3.8, 4) is 5.75 Å². The first-order chi connectivity index (χ1) is 15.9. The highest BCUT2D eigenvalue weighted by Gasteiger charge is 2.48. The molecule has 0 spiro atoms. The van der Waals surface area contributed by atoms with Crippen molar-refractivity contribution in [1.29, 1.82) is 0 Å². The summed E-state index contributed by atoms with van der Waals surface area (Å²) in [6.07, 6.45) is 0.811. The first-order valence-corrected chi connectivity index (χ1v) is 10.8. The van der Waals surface area contributed by atoms with Gasteiger partial charge in [0.05, 0.1) is 18.2 Å². The van der Waals surface area contributed by atoms with Crippen molar-refractivity contribution in [2.75, 3.05) is 11.5 Å². The monoisotopic (exact) mass is 445 g/mol. The van der Waals surface area contributed by atoms with Crippen LogP contribution >= 0.6 is 0 Å². The zero-order valence-corrected chi connectivity index (χ0v) is 18.4. The van der Waals surface area contributed by atoms with Gasteiger partial charge in [-0.3, -0.25) is 14.5 Å². The van der Waals surface area contributed by atoms with Crippen LogP contribution in [0.3, 0.4) is 0 Å². The van der Waals surface area contributed by atoms with E-state index in [4.69, 9.17) is 4.74 Å². The standard InChI is InChI=1S/C27H24FNO4/c1-3-15-33-19-11-8-10-18(16-19)25(30)23-24(20-12-5-6-13-21(20)28)29(27(32)26(23)31)22-14-7-4-9-17(22)2/h4-14,16,24,30H,3,15H2,1-2H3/b25-23+. The number of nitrogens with zero attached hydrogens (tertiary/aromatic N) is 1. The summed E-state index contributed by atoms with van der Waals surface area (Å²) >= 11 is 0. The number of para-hydroxylation sites is 1. The molecule has 0 aromatic heterocycles. The molecule has 6 heteroatoms. The van der Waals surface area contributed by atoms with Crippen molar-refractivity contribution < 1.29 is 23.8 Å². The second-order valence-electron chi connectivity index (χ2n) is 7.85. The smallest absolute Gasteiger partial charge is 0.300 e. The maximum Gasteiger partial charge on any atom is 0.300 e. The Labute approximate surface area is 191 Å². The number of hydrogen-bond acceptors (Lipinski definition) is 4. The maximum atomic E-state index is 15.0. The highest BCUT2D eigenvalue weighted by molar-refractivity contribution is 6.51. The van der Waals surface area contributed by atoms with E-state index in [0.29, 0.717) is 23.6 Å². The van der Waals surface area contributed by atoms with E-state index in [1.807, 2.05) is 26.0 Å². The van der Waals surface area contributed by atoms with E-state index in [1.54, 1.807) is 42.5 Å². The van der Waals surface area contributed by atoms with Gasteiger partial charge in [-0.25, -0.2) is 4.39 Å². The third-order valence-corrected chi connectivity index (χ3v) is 5.60. The van der Waals surface area contributed by atoms with Gasteiger partial charge in [0.25, 0.3) is 11.7 Å². The first kappa shape index (κ1) is 22.3. The predicted molar refractivity (Wildman–Crippen MR) is 125 cm³/mol. The minimum Gasteiger partial charge on any atom is -0.507 e. The van der Waals surface area contributed by atoms with E-state index in [-0.39, 0.29) is 16.9 Å². The summed E-state index contributed by atoms with van der Waals surface area (Å²) in [6.45, 7) is 4.28. The molecule has 1 aliphatic heterocycles. The topological polar surface area (TPSA) is 66.8 Å². The number of hydrogen-bond donors (Lipinski definition) is 1. The molecule has 1 heterocycles. The average Bonchev–Trinajstić information content (AvgIpc) is 3.08. The van der Waals surface area contributed by atoms with Crippen LogP contribution in [-0.4, -0.2) is 23.4 Å². The number of rotatable bonds is 6. The third kappa shape index (κ3) is 4.12. The molecule has 1 amide bonds. The first-order valence-electron chi connectivity index (χ1n) is 10.8. The number of ether oxygens (including phenoxy) is 1. The number of carbonyl (C=O) groups is 2. The van der Waals surface area contributed by atoms with Gasteiger partial charge in [-0.15, -0.1) is 0 Å². The molecule has 1 saturated heterocycles. The lowest BCUT2D eigenvalue weighted by atomic mass is 9.94. The Morgan fingerprint density at radius 1 is 1.03 bits per heavy atom. The number of amides is 1. The van der Waals surface area contributed by atoms with Gasteiger partial charge in [0.2, 0.25) is 0 Å². The van der Waals surface area contributed by atoms with E-state index in [2.05, 4.69) is 0 Å². The Bertz CT molecular complexity index is 1250. The molecule has 1 aliphatic rings. The minimum atomic E-state index is -1.12. The lowest BCUT2D eigenvalue weighted by Gasteiger charge is -2.27. The summed E-state index contributed by atoms with van der Waals surface area (Å²) in [5, 5.41) is 11.2. The van der Waals surface area contributed by atoms with Gasteiger partial charge in [0.15, 0.2) is 0 Å². The fraction of sp³-hybridized carbons (Fsp3) is 0.185. The van der Waals surface area contributed by atoms with E-state index in [1.165, 1.54) is 23.1 Å². The molecule has 1 fully saturated rings. The summed E-state index contributed by atoms with van der Waals surface area (Å²) < 4.78 is 20.6. The van der Waals surface area contributed by atoms with Crippen LogP contribution in [0.5, 0.6) is 5.75 Å². The second kappa shape index (κ2) is 9.28. The van der Waals surface area contributed by atoms with Gasteiger partial charge in [-0.05, 0) is 43.2 Å². The number of carbonyl (C=O) groups excluding carboxylic acids is 2. The summed E-state index contributed by atoms with van der Waals surface area (Å²) in [5.41, 5.74) is 1.50. The SMILES string of the molecule is CCCOc1cccc(/C(O)=C2\C(=O)C(=O)N(c3ccccc3C)C2c2ccccc2F)c1. The molecular weight excluding hydrogens is 421 g/mol. The number of aryl methyl sites for hydroxylation is 1. The Morgan fingerprint density at radius 3 is 2.48 bits per heavy atom. The number of benzene rings is 3. The third-order valence-electron chi connectivity index (χ3n) is 5.60. The summed E-state index contributed by atoms with van der Waals surface area (Å²) in [5.74, 6) is -2.12. The maximum absolute atomic E-state index is 15.0. The predicted octanol–water partition coefficient (Wildman–Crippen LogP) is 5.55. The number of aliphatic hydroxyl groups excluding tert-OH is 1. The fourth-order valence-corrected chi connectivity index (χ4v) is 4.01. The molecular formula is C27H24FNO4. The van der Waals surface area contributed by atoms with Crippen molar-refractivity contribution >= 4 is 23.1 Å². The molecule has 3 aromatic rings. The molecule has 0 bridgehead atoms. The van der Waals surface area contributed by atoms with Gasteiger partial charge in [-0.1, -0.05) is 55.5 Å². The van der Waals surface area contributed by atoms with Crippen LogP contribution in [0.1, 0.15) is 36.1 Å². The Balaban J connectivity index is 1.93. The van der Waals surface area contributed by atoms with Crippen LogP contribution in [0.15, 0.2) is 78.4 Å². The number of ketones is 1. The van der Waals surface area contributed by atoms with E-state index in [0.717, 1.165) is 12.0 Å². The number of halogens is 1. The molecule has 0 saturated carbocycles. The van der Waals surface area contributed by atoms with Gasteiger partial charge in [0.1, 0.15) is 17.3 Å². The van der Waals surface area contributed by atoms with Gasteiger partial charge >= 0.3 is 0 Å². The summed E-state index contributed by atoms with van der Waals surface area (Å²) in [7, 11) is 0. The molecule has 3 aromatic carbocycles. The second-order valence-corrected chi connectivity index (χ2v) is 7.85. The van der Waals surface area contributed by atoms with Crippen molar-refractivity contribution in [3.63, 3.8) is 0 Å². The Morgan fingerprint density at radius 2 is 1.76 bits per heavy atom. The normalized spacial score (nSPS) is 17.4. The number of Topliss-reactive ketones (excluding diaryl/α,β-unsaturated/α-hetero) is 1. The van der Waals surface area contributed by atoms with E-state index >= 15 is 0 Å². The molecule has 5 nitrogen and oxygen atoms in total. The highest BCUT2D eigenvalue weighted by atomic mass is 19.1. The molecule has 33 heavy (non-hydrogen) atoms. The molecule has 0 aliphatic carbocycles. The van der Waals surface area contributed by atoms with Crippen LogP contribution in [0.2, 0.25) is 0 Å². The van der Waals surface area contributed by atoms with Gasteiger partial charge < -0.3 is 9.84 Å². The van der Waals surface area contributed by atoms with Gasteiger partial charge in [0, 0.05) is 16.8 Å². The molecule has 1 atom stereocenters. The fourth-order valence-electron chi connectivity index (χ4n) is 4.01. The quantitative estimate of drug-likeness (QED) is 0.307. The molecule has 4 rings (SSSR count). The zero-order valence-electron chi connectivity index (χ0n) is 18.4. The highest BCUT2D eigenvalue weighted by Crippen LogP contribution is 2.43. The molecule has 1 N–H and O–H groups in total. The number of anilines is 1. The van der Waals surface area contributed by atoms with Crippen LogP contribution in [0, 0.1) is 12.7 Å². The van der Waals surface area contributed by atoms with Crippen LogP contribution in [0.4, 0.5) is 10.1 Å². The van der Waals surface area contributed by atoms with E-state index < -0.39 is 23.5 Å². The molecule has 1 unspecified atom stereocenters. The van der Waals surface area contributed by atoms with Gasteiger partial charge in [-0.2, -0.15) is 0 Å². The largest absolute Gasteiger partial charge is 0.507 e. The van der Waals surface area contributed by atoms with Crippen molar-refractivity contribution in [2.24, 2.45) is 0 Å². The molecule has 0 radical (unpaired) electrons. The van der Waals surface area contributed by atoms with Crippen molar-refractivity contribution in [3.05, 3.63) is 101 Å². The van der Waals surface area contributed by atoms with Crippen LogP contribution in [-0.2, 0) is 9.59 Å². The molecule has 168 valence electrons. The minimum absolute atomic E-state index is 0.125. The van der Waals surface area contributed by atoms with Crippen molar-refractivity contribution in [2.45, 2.75) is 26.3 Å². The Hall–Kier alpha value is -3.93. The van der Waals surface area contributed by atoms with E-state index in [9.17, 15) is 19.1 Å². The summed E-state index contributed by atoms with van der Waals surface area (Å²) in [6, 6.07) is 18.6. The summed E-state index contributed by atoms with van der Waals surface area (Å²) in [4.78, 5) is 27.7. The van der Waals surface area contributed by atoms with Crippen molar-refractivity contribution in [1.82, 2.24) is 0 Å². The lowest BCUT2D eigenvalue weighted by Crippen LogP contribution is -2.30. The van der Waals surface area contributed by atoms with Crippen LogP contribution < -0.4 is 9.64 Å². The zero-order chi connectivity index (χ0) is 23.5. The number of aliphatic hydroxyl groups is 1. The Kier molecular flexibility index (Phi) is 6.27. The van der Waals surface area contributed by atoms with Crippen LogP contribution in [0.25, 0.3) is 5.76 Å². The average molecular weight is 445 g/mol.